The molecule has 0 aliphatic heterocycles. The second-order valence-corrected chi connectivity index (χ2v) is 6.12. The van der Waals surface area contributed by atoms with E-state index in [0.29, 0.717) is 5.75 Å². The molecule has 2 aromatic rings. The molecule has 0 radical (unpaired) electrons. The molecule has 27 heavy (non-hydrogen) atoms. The first kappa shape index (κ1) is 20.2. The quantitative estimate of drug-likeness (QED) is 0.439. The minimum Gasteiger partial charge on any atom is -0.482 e. The fourth-order valence-corrected chi connectivity index (χ4v) is 2.30. The zero-order chi connectivity index (χ0) is 20.0. The normalized spacial score (nSPS) is 10.2. The van der Waals surface area contributed by atoms with Crippen molar-refractivity contribution in [3.8, 4) is 5.75 Å². The Balaban J connectivity index is 1.86. The van der Waals surface area contributed by atoms with Crippen molar-refractivity contribution in [3.05, 3.63) is 62.7 Å². The number of esters is 1. The number of carbonyl (C=O) groups is 2. The summed E-state index contributed by atoms with van der Waals surface area (Å²) >= 11 is 5.71. The first-order chi connectivity index (χ1) is 12.8. The molecule has 142 valence electrons. The summed E-state index contributed by atoms with van der Waals surface area (Å²) in [5, 5.41) is 13.5. The number of nitro benzene ring substituents is 1. The van der Waals surface area contributed by atoms with Crippen molar-refractivity contribution in [1.29, 1.82) is 0 Å². The fraction of sp³-hybridized carbons (Fsp3) is 0.222. The highest BCUT2D eigenvalue weighted by molar-refractivity contribution is 6.31. The van der Waals surface area contributed by atoms with Crippen molar-refractivity contribution in [3.63, 3.8) is 0 Å². The van der Waals surface area contributed by atoms with Crippen molar-refractivity contribution >= 4 is 34.9 Å². The summed E-state index contributed by atoms with van der Waals surface area (Å²) in [4.78, 5) is 33.9. The molecule has 0 unspecified atom stereocenters. The molecule has 0 atom stereocenters. The molecule has 0 fully saturated rings. The van der Waals surface area contributed by atoms with Gasteiger partial charge >= 0.3 is 5.97 Å². The van der Waals surface area contributed by atoms with Crippen LogP contribution in [-0.2, 0) is 14.3 Å². The average Bonchev–Trinajstić information content (AvgIpc) is 2.62. The average molecular weight is 393 g/mol. The number of hydrogen-bond acceptors (Lipinski definition) is 6. The van der Waals surface area contributed by atoms with Crippen LogP contribution < -0.4 is 10.1 Å². The monoisotopic (exact) mass is 392 g/mol. The Morgan fingerprint density at radius 1 is 1.15 bits per heavy atom. The Morgan fingerprint density at radius 2 is 1.89 bits per heavy atom. The number of halogens is 1. The molecule has 0 saturated carbocycles. The lowest BCUT2D eigenvalue weighted by Crippen LogP contribution is -2.24. The van der Waals surface area contributed by atoms with Crippen LogP contribution in [-0.4, -0.2) is 30.0 Å². The highest BCUT2D eigenvalue weighted by Crippen LogP contribution is 2.27. The molecule has 0 bridgehead atoms. The summed E-state index contributed by atoms with van der Waals surface area (Å²) in [6.45, 7) is 2.77. The van der Waals surface area contributed by atoms with Crippen molar-refractivity contribution in [2.45, 2.75) is 13.8 Å². The maximum absolute atomic E-state index is 11.9. The molecule has 0 aliphatic carbocycles. The minimum absolute atomic E-state index is 0.0444. The molecule has 0 spiro atoms. The summed E-state index contributed by atoms with van der Waals surface area (Å²) in [7, 11) is 0. The number of anilines is 1. The van der Waals surface area contributed by atoms with Gasteiger partial charge in [-0.2, -0.15) is 0 Å². The van der Waals surface area contributed by atoms with Crippen LogP contribution >= 0.6 is 11.6 Å². The molecule has 0 aromatic heterocycles. The van der Waals surface area contributed by atoms with Crippen LogP contribution in [0.5, 0.6) is 5.75 Å². The van der Waals surface area contributed by atoms with Crippen LogP contribution in [0.3, 0.4) is 0 Å². The third-order valence-electron chi connectivity index (χ3n) is 3.48. The molecule has 8 nitrogen and oxygen atoms in total. The predicted molar refractivity (Wildman–Crippen MR) is 99.1 cm³/mol. The van der Waals surface area contributed by atoms with E-state index in [4.69, 9.17) is 21.1 Å². The second-order valence-electron chi connectivity index (χ2n) is 5.69. The number of carbonyl (C=O) groups excluding carboxylic acids is 2. The second kappa shape index (κ2) is 9.00. The van der Waals surface area contributed by atoms with Gasteiger partial charge in [-0.1, -0.05) is 23.7 Å². The Labute approximate surface area is 160 Å². The van der Waals surface area contributed by atoms with Crippen LogP contribution in [0.15, 0.2) is 36.4 Å². The highest BCUT2D eigenvalue weighted by Gasteiger charge is 2.17. The van der Waals surface area contributed by atoms with Crippen LogP contribution in [0.4, 0.5) is 11.4 Å². The zero-order valence-electron chi connectivity index (χ0n) is 14.7. The molecule has 0 heterocycles. The SMILES string of the molecule is Cc1ccc(C)c(OCC(=O)OCC(=O)Nc2ccc(Cl)cc2[N+](=O)[O-])c1. The molecule has 0 saturated heterocycles. The number of aryl methyl sites for hydroxylation is 2. The number of hydrogen-bond donors (Lipinski definition) is 1. The van der Waals surface area contributed by atoms with E-state index in [1.807, 2.05) is 26.0 Å². The number of ether oxygens (including phenoxy) is 2. The molecule has 1 amide bonds. The number of nitrogens with one attached hydrogen (secondary N) is 1. The third kappa shape index (κ3) is 5.96. The van der Waals surface area contributed by atoms with Gasteiger partial charge in [0.05, 0.1) is 4.92 Å². The Hall–Kier alpha value is -3.13. The van der Waals surface area contributed by atoms with Crippen LogP contribution in [0.1, 0.15) is 11.1 Å². The molecule has 0 aliphatic rings. The lowest BCUT2D eigenvalue weighted by atomic mass is 10.1. The Morgan fingerprint density at radius 3 is 2.59 bits per heavy atom. The molecular weight excluding hydrogens is 376 g/mol. The van der Waals surface area contributed by atoms with Crippen molar-refractivity contribution < 1.29 is 24.0 Å². The number of nitrogens with zero attached hydrogens (tertiary/aromatic N) is 1. The largest absolute Gasteiger partial charge is 0.482 e. The summed E-state index contributed by atoms with van der Waals surface area (Å²) in [5.41, 5.74) is 1.44. The van der Waals surface area contributed by atoms with Gasteiger partial charge in [-0.15, -0.1) is 0 Å². The molecule has 1 N–H and O–H groups in total. The van der Waals surface area contributed by atoms with E-state index in [2.05, 4.69) is 5.32 Å². The first-order valence-corrected chi connectivity index (χ1v) is 8.23. The van der Waals surface area contributed by atoms with Gasteiger partial charge in [0.25, 0.3) is 11.6 Å². The summed E-state index contributed by atoms with van der Waals surface area (Å²) < 4.78 is 10.2. The Bertz CT molecular complexity index is 884. The van der Waals surface area contributed by atoms with Gasteiger partial charge in [-0.05, 0) is 43.2 Å². The molecular formula is C18H17ClN2O6. The van der Waals surface area contributed by atoms with Crippen LogP contribution in [0, 0.1) is 24.0 Å². The number of rotatable bonds is 7. The van der Waals surface area contributed by atoms with E-state index in [1.165, 1.54) is 12.1 Å². The topological polar surface area (TPSA) is 108 Å². The van der Waals surface area contributed by atoms with E-state index in [1.54, 1.807) is 6.07 Å². The highest BCUT2D eigenvalue weighted by atomic mass is 35.5. The van der Waals surface area contributed by atoms with Crippen LogP contribution in [0.25, 0.3) is 0 Å². The van der Waals surface area contributed by atoms with Gasteiger partial charge < -0.3 is 14.8 Å². The number of amides is 1. The van der Waals surface area contributed by atoms with Crippen molar-refractivity contribution in [2.75, 3.05) is 18.5 Å². The molecule has 2 aromatic carbocycles. The van der Waals surface area contributed by atoms with E-state index in [9.17, 15) is 19.7 Å². The smallest absolute Gasteiger partial charge is 0.344 e. The maximum Gasteiger partial charge on any atom is 0.344 e. The predicted octanol–water partition coefficient (Wildman–Crippen LogP) is 3.43. The summed E-state index contributed by atoms with van der Waals surface area (Å²) in [6, 6.07) is 9.37. The number of benzene rings is 2. The summed E-state index contributed by atoms with van der Waals surface area (Å²) in [5.74, 6) is -0.912. The van der Waals surface area contributed by atoms with Gasteiger partial charge in [-0.3, -0.25) is 14.9 Å². The number of nitro groups is 1. The lowest BCUT2D eigenvalue weighted by Gasteiger charge is -2.10. The third-order valence-corrected chi connectivity index (χ3v) is 3.72. The van der Waals surface area contributed by atoms with Crippen molar-refractivity contribution in [1.82, 2.24) is 0 Å². The molecule has 9 heteroatoms. The van der Waals surface area contributed by atoms with Crippen molar-refractivity contribution in [2.24, 2.45) is 0 Å². The van der Waals surface area contributed by atoms with E-state index in [-0.39, 0.29) is 23.0 Å². The van der Waals surface area contributed by atoms with Crippen LogP contribution in [0.2, 0.25) is 5.02 Å². The van der Waals surface area contributed by atoms with E-state index in [0.717, 1.165) is 17.2 Å². The zero-order valence-corrected chi connectivity index (χ0v) is 15.4. The van der Waals surface area contributed by atoms with Gasteiger partial charge in [-0.25, -0.2) is 4.79 Å². The van der Waals surface area contributed by atoms with E-state index >= 15 is 0 Å². The lowest BCUT2D eigenvalue weighted by molar-refractivity contribution is -0.383. The first-order valence-electron chi connectivity index (χ1n) is 7.85. The maximum atomic E-state index is 11.9. The minimum atomic E-state index is -0.739. The fourth-order valence-electron chi connectivity index (χ4n) is 2.14. The van der Waals surface area contributed by atoms with E-state index < -0.39 is 23.4 Å². The molecule has 2 rings (SSSR count). The Kier molecular flexibility index (Phi) is 6.73. The van der Waals surface area contributed by atoms with Gasteiger partial charge in [0, 0.05) is 11.1 Å². The van der Waals surface area contributed by atoms with Gasteiger partial charge in [0.1, 0.15) is 11.4 Å². The standard InChI is InChI=1S/C18H17ClN2O6/c1-11-3-4-12(2)16(7-11)26-10-18(23)27-9-17(22)20-14-6-5-13(19)8-15(14)21(24)25/h3-8H,9-10H2,1-2H3,(H,20,22). The van der Waals surface area contributed by atoms with Gasteiger partial charge in [0.2, 0.25) is 0 Å². The summed E-state index contributed by atoms with van der Waals surface area (Å²) in [6.07, 6.45) is 0. The van der Waals surface area contributed by atoms with Gasteiger partial charge in [0.15, 0.2) is 13.2 Å².